The van der Waals surface area contributed by atoms with Gasteiger partial charge in [-0.05, 0) is 0 Å². The smallest absolute Gasteiger partial charge is 0.172 e. The summed E-state index contributed by atoms with van der Waals surface area (Å²) in [5.41, 5.74) is 2.73. The molecule has 0 saturated heterocycles. The monoisotopic (exact) mass is 399 g/mol. The second-order valence-electron chi connectivity index (χ2n) is 3.84. The average Bonchev–Trinajstić information content (AvgIpc) is 3.15. The van der Waals surface area contributed by atoms with Crippen LogP contribution in [0.3, 0.4) is 0 Å². The maximum absolute atomic E-state index is 4.93. The Morgan fingerprint density at radius 2 is 1.65 bits per heavy atom. The van der Waals surface area contributed by atoms with Gasteiger partial charge in [-0.3, -0.25) is 6.08 Å². The van der Waals surface area contributed by atoms with Gasteiger partial charge in [-0.25, -0.2) is 18.2 Å². The molecule has 2 aromatic carbocycles. The molecule has 0 N–H and O–H groups in total. The molecule has 0 aromatic heterocycles. The standard InChI is InChI=1S/C9H7.C5H5.C2H7Si.2ClH.Zr/c1-2-5-9-7-3-6-8(9)4-1;1-2-4-5-3-1;1-3-2;;;/h1-2,4-6H,7H2;1-5H;3H,1-2H3;2*1H;/q2*-1;;;;+4/p-2. The molecule has 0 amide bonds. The Kier molecular flexibility index (Phi) is 15.4. The maximum Gasteiger partial charge on any atom is -0.172 e. The first-order valence-corrected chi connectivity index (χ1v) is 15.0. The van der Waals surface area contributed by atoms with Gasteiger partial charge in [0.2, 0.25) is 0 Å². The molecular formula is C16H19Cl2SiZr. The van der Waals surface area contributed by atoms with Crippen LogP contribution < -0.4 is 0 Å². The molecule has 20 heavy (non-hydrogen) atoms. The van der Waals surface area contributed by atoms with E-state index in [0.29, 0.717) is 0 Å². The van der Waals surface area contributed by atoms with Crippen LogP contribution in [0.25, 0.3) is 6.08 Å². The van der Waals surface area contributed by atoms with Crippen LogP contribution in [-0.2, 0) is 27.3 Å². The average molecular weight is 402 g/mol. The maximum atomic E-state index is 4.93. The quantitative estimate of drug-likeness (QED) is 0.412. The molecular weight excluding hydrogens is 382 g/mol. The van der Waals surface area contributed by atoms with Crippen molar-refractivity contribution in [2.24, 2.45) is 0 Å². The molecule has 3 rings (SSSR count). The number of hydrogen-bond donors (Lipinski definition) is 0. The molecule has 0 aliphatic heterocycles. The predicted octanol–water partition coefficient (Wildman–Crippen LogP) is 5.36. The van der Waals surface area contributed by atoms with Crippen molar-refractivity contribution in [2.45, 2.75) is 19.5 Å². The van der Waals surface area contributed by atoms with Crippen LogP contribution in [0.15, 0.2) is 54.6 Å². The second kappa shape index (κ2) is 15.4. The van der Waals surface area contributed by atoms with E-state index in [4.69, 9.17) is 17.0 Å². The molecule has 105 valence electrons. The fourth-order valence-electron chi connectivity index (χ4n) is 1.43. The van der Waals surface area contributed by atoms with Gasteiger partial charge in [0, 0.05) is 9.52 Å². The first-order chi connectivity index (χ1) is 9.79. The van der Waals surface area contributed by atoms with Crippen LogP contribution in [0.2, 0.25) is 13.1 Å². The molecule has 2 aromatic rings. The Morgan fingerprint density at radius 1 is 1.10 bits per heavy atom. The number of benzene rings is 1. The number of fused-ring (bicyclic) bond motifs is 1. The number of allylic oxidation sites excluding steroid dienone is 1. The summed E-state index contributed by atoms with van der Waals surface area (Å²) in [5.74, 6) is 0. The molecule has 0 spiro atoms. The van der Waals surface area contributed by atoms with E-state index in [9.17, 15) is 0 Å². The summed E-state index contributed by atoms with van der Waals surface area (Å²) < 4.78 is 0. The summed E-state index contributed by atoms with van der Waals surface area (Å²) in [4.78, 5) is 0. The number of hydrogen-bond acceptors (Lipinski definition) is 0. The van der Waals surface area contributed by atoms with E-state index >= 15 is 0 Å². The van der Waals surface area contributed by atoms with Gasteiger partial charge >= 0.3 is 37.9 Å². The molecule has 1 aliphatic carbocycles. The van der Waals surface area contributed by atoms with Gasteiger partial charge in [-0.15, -0.1) is 18.1 Å². The Bertz CT molecular complexity index is 422. The third-order valence-corrected chi connectivity index (χ3v) is 2.16. The molecule has 0 heterocycles. The molecule has 0 unspecified atom stereocenters. The van der Waals surface area contributed by atoms with Crippen molar-refractivity contribution in [3.05, 3.63) is 71.8 Å². The van der Waals surface area contributed by atoms with Crippen LogP contribution in [-0.4, -0.2) is 9.52 Å². The van der Waals surface area contributed by atoms with Gasteiger partial charge in [0.15, 0.2) is 0 Å². The Balaban J connectivity index is 0.000000281. The molecule has 0 nitrogen and oxygen atoms in total. The summed E-state index contributed by atoms with van der Waals surface area (Å²) in [6.45, 7) is 4.42. The summed E-state index contributed by atoms with van der Waals surface area (Å²) in [6.07, 6.45) is 6.21. The fraction of sp³-hybridized carbons (Fsp3) is 0.188. The van der Waals surface area contributed by atoms with Crippen molar-refractivity contribution in [1.82, 2.24) is 0 Å². The number of rotatable bonds is 0. The van der Waals surface area contributed by atoms with Gasteiger partial charge in [-0.2, -0.15) is 23.8 Å². The Hall–Kier alpha value is -0.0100. The van der Waals surface area contributed by atoms with Crippen LogP contribution in [0, 0.1) is 6.08 Å². The first kappa shape index (κ1) is 20.0. The van der Waals surface area contributed by atoms with Gasteiger partial charge in [0.25, 0.3) is 0 Å². The van der Waals surface area contributed by atoms with Crippen molar-refractivity contribution in [1.29, 1.82) is 0 Å². The van der Waals surface area contributed by atoms with Crippen LogP contribution in [0.5, 0.6) is 0 Å². The third kappa shape index (κ3) is 10.7. The Labute approximate surface area is 144 Å². The van der Waals surface area contributed by atoms with Gasteiger partial charge < -0.3 is 0 Å². The van der Waals surface area contributed by atoms with Crippen molar-refractivity contribution >= 4 is 32.6 Å². The first-order valence-electron chi connectivity index (χ1n) is 6.31. The van der Waals surface area contributed by atoms with Crippen molar-refractivity contribution in [3.63, 3.8) is 0 Å². The minimum atomic E-state index is -0.826. The summed E-state index contributed by atoms with van der Waals surface area (Å²) in [5, 5.41) is 0. The SMILES string of the molecule is C[SiH]C.[C-]1=Cc2ccccc2C1.[Cl][Zr+2][Cl].c1cc[cH-]c1. The van der Waals surface area contributed by atoms with E-state index < -0.39 is 20.8 Å². The molecule has 0 bridgehead atoms. The van der Waals surface area contributed by atoms with Crippen molar-refractivity contribution in [3.8, 4) is 0 Å². The third-order valence-electron chi connectivity index (χ3n) is 2.16. The normalized spacial score (nSPS) is 9.60. The molecule has 1 radical (unpaired) electrons. The predicted molar refractivity (Wildman–Crippen MR) is 90.5 cm³/mol. The molecule has 0 saturated carbocycles. The minimum absolute atomic E-state index is 0.750. The second-order valence-corrected chi connectivity index (χ2v) is 8.72. The molecule has 0 atom stereocenters. The van der Waals surface area contributed by atoms with Crippen LogP contribution in [0.4, 0.5) is 0 Å². The fourth-order valence-corrected chi connectivity index (χ4v) is 1.43. The summed E-state index contributed by atoms with van der Waals surface area (Å²) in [7, 11) is 10.6. The van der Waals surface area contributed by atoms with E-state index in [-0.39, 0.29) is 0 Å². The zero-order chi connectivity index (χ0) is 15.1. The Morgan fingerprint density at radius 3 is 2.10 bits per heavy atom. The van der Waals surface area contributed by atoms with Gasteiger partial charge in [-0.1, -0.05) is 31.3 Å². The largest absolute Gasteiger partial charge is 0.214 e. The van der Waals surface area contributed by atoms with E-state index in [0.717, 1.165) is 15.9 Å². The van der Waals surface area contributed by atoms with E-state index in [2.05, 4.69) is 49.5 Å². The van der Waals surface area contributed by atoms with Crippen LogP contribution in [0.1, 0.15) is 11.1 Å². The van der Waals surface area contributed by atoms with E-state index in [1.54, 1.807) is 0 Å². The molecule has 4 heteroatoms. The zero-order valence-corrected chi connectivity index (χ0v) is 16.9. The van der Waals surface area contributed by atoms with Gasteiger partial charge in [0.05, 0.1) is 0 Å². The van der Waals surface area contributed by atoms with Crippen LogP contribution >= 0.6 is 17.0 Å². The van der Waals surface area contributed by atoms with E-state index in [1.807, 2.05) is 30.3 Å². The molecule has 0 fully saturated rings. The van der Waals surface area contributed by atoms with Crippen molar-refractivity contribution < 1.29 is 20.8 Å². The minimum Gasteiger partial charge on any atom is -0.214 e. The number of halogens is 2. The zero-order valence-electron chi connectivity index (χ0n) is 11.8. The van der Waals surface area contributed by atoms with Gasteiger partial charge in [0.1, 0.15) is 0 Å². The van der Waals surface area contributed by atoms with Crippen molar-refractivity contribution in [2.75, 3.05) is 0 Å². The summed E-state index contributed by atoms with van der Waals surface area (Å²) in [6, 6.07) is 18.4. The van der Waals surface area contributed by atoms with E-state index in [1.165, 1.54) is 11.1 Å². The topological polar surface area (TPSA) is 0 Å². The molecule has 1 aliphatic rings. The summed E-state index contributed by atoms with van der Waals surface area (Å²) >= 11 is -0.826.